The number of aromatic nitrogens is 1. The molecule has 2 aromatic carbocycles. The van der Waals surface area contributed by atoms with Crippen LogP contribution in [0.15, 0.2) is 89.6 Å². The minimum atomic E-state index is -0.653. The van der Waals surface area contributed by atoms with Crippen LogP contribution in [0.1, 0.15) is 18.2 Å². The predicted molar refractivity (Wildman–Crippen MR) is 110 cm³/mol. The number of rotatable bonds is 5. The van der Waals surface area contributed by atoms with E-state index in [1.54, 1.807) is 17.8 Å². The Balaban J connectivity index is 1.62. The molecule has 1 aromatic heterocycles. The summed E-state index contributed by atoms with van der Waals surface area (Å²) in [7, 11) is 0. The van der Waals surface area contributed by atoms with Crippen molar-refractivity contribution in [2.45, 2.75) is 18.6 Å². The van der Waals surface area contributed by atoms with E-state index in [2.05, 4.69) is 29.2 Å². The summed E-state index contributed by atoms with van der Waals surface area (Å²) >= 11 is 1.47. The lowest BCUT2D eigenvalue weighted by molar-refractivity contribution is 0.158. The minimum absolute atomic E-state index is 0.0800. The van der Waals surface area contributed by atoms with Crippen LogP contribution in [0.3, 0.4) is 0 Å². The van der Waals surface area contributed by atoms with Crippen molar-refractivity contribution in [3.63, 3.8) is 0 Å². The van der Waals surface area contributed by atoms with E-state index in [1.165, 1.54) is 11.3 Å². The quantitative estimate of drug-likeness (QED) is 0.652. The summed E-state index contributed by atoms with van der Waals surface area (Å²) in [5.41, 5.74) is 5.61. The van der Waals surface area contributed by atoms with Gasteiger partial charge in [-0.25, -0.2) is 4.98 Å². The Morgan fingerprint density at radius 2 is 1.89 bits per heavy atom. The molecule has 4 rings (SSSR count). The lowest BCUT2D eigenvalue weighted by Gasteiger charge is -2.32. The van der Waals surface area contributed by atoms with Gasteiger partial charge >= 0.3 is 0 Å². The van der Waals surface area contributed by atoms with E-state index in [-0.39, 0.29) is 11.8 Å². The fourth-order valence-electron chi connectivity index (χ4n) is 3.25. The van der Waals surface area contributed by atoms with Gasteiger partial charge in [-0.1, -0.05) is 48.5 Å². The van der Waals surface area contributed by atoms with E-state index in [0.29, 0.717) is 12.1 Å². The molecule has 4 nitrogen and oxygen atoms in total. The average molecular weight is 376 g/mol. The smallest absolute Gasteiger partial charge is 0.131 e. The topological polar surface area (TPSA) is 56.6 Å². The lowest BCUT2D eigenvalue weighted by atomic mass is 10.0. The number of allylic oxidation sites excluding steroid dienone is 1. The van der Waals surface area contributed by atoms with Crippen molar-refractivity contribution in [1.29, 1.82) is 0 Å². The third-order valence-corrected chi connectivity index (χ3v) is 5.23. The number of thiazole rings is 1. The Hall–Kier alpha value is -2.89. The van der Waals surface area contributed by atoms with Crippen LogP contribution < -0.4 is 4.90 Å². The van der Waals surface area contributed by atoms with Crippen LogP contribution >= 0.6 is 11.3 Å². The van der Waals surface area contributed by atoms with Gasteiger partial charge < -0.3 is 15.1 Å². The molecule has 0 saturated carbocycles. The van der Waals surface area contributed by atoms with Gasteiger partial charge in [0.2, 0.25) is 0 Å². The molecule has 27 heavy (non-hydrogen) atoms. The van der Waals surface area contributed by atoms with Gasteiger partial charge in [-0.2, -0.15) is 0 Å². The van der Waals surface area contributed by atoms with Gasteiger partial charge in [0.1, 0.15) is 5.76 Å². The molecule has 0 saturated heterocycles. The SMILES string of the molecule is OC1=CN(c2cccc(-c3ccccc3)c2)C(CC(O)c2cscn2)C=C1. The molecule has 1 aliphatic heterocycles. The van der Waals surface area contributed by atoms with Gasteiger partial charge in [-0.05, 0) is 29.3 Å². The first-order chi connectivity index (χ1) is 13.2. The van der Waals surface area contributed by atoms with Crippen LogP contribution in [-0.4, -0.2) is 21.2 Å². The van der Waals surface area contributed by atoms with E-state index in [9.17, 15) is 10.2 Å². The lowest BCUT2D eigenvalue weighted by Crippen LogP contribution is -2.33. The molecule has 0 spiro atoms. The zero-order valence-corrected chi connectivity index (χ0v) is 15.5. The van der Waals surface area contributed by atoms with E-state index in [1.807, 2.05) is 46.7 Å². The molecule has 5 heteroatoms. The molecule has 0 aliphatic carbocycles. The van der Waals surface area contributed by atoms with E-state index < -0.39 is 6.10 Å². The molecule has 2 atom stereocenters. The molecule has 1 aliphatic rings. The molecule has 2 heterocycles. The molecule has 136 valence electrons. The number of hydrogen-bond acceptors (Lipinski definition) is 5. The average Bonchev–Trinajstić information content (AvgIpc) is 3.25. The highest BCUT2D eigenvalue weighted by molar-refractivity contribution is 7.07. The highest BCUT2D eigenvalue weighted by Gasteiger charge is 2.23. The molecule has 2 unspecified atom stereocenters. The summed E-state index contributed by atoms with van der Waals surface area (Å²) < 4.78 is 0. The molecular weight excluding hydrogens is 356 g/mol. The molecule has 0 amide bonds. The van der Waals surface area contributed by atoms with Crippen molar-refractivity contribution < 1.29 is 10.2 Å². The predicted octanol–water partition coefficient (Wildman–Crippen LogP) is 5.08. The Kier molecular flexibility index (Phi) is 5.05. The summed E-state index contributed by atoms with van der Waals surface area (Å²) in [6.07, 6.45) is 5.14. The number of aliphatic hydroxyl groups is 2. The van der Waals surface area contributed by atoms with Crippen molar-refractivity contribution in [2.75, 3.05) is 4.90 Å². The summed E-state index contributed by atoms with van der Waals surface area (Å²) in [6.45, 7) is 0. The summed E-state index contributed by atoms with van der Waals surface area (Å²) in [5.74, 6) is 0.194. The third kappa shape index (κ3) is 3.94. The van der Waals surface area contributed by atoms with Crippen LogP contribution in [0.5, 0.6) is 0 Å². The van der Waals surface area contributed by atoms with Crippen molar-refractivity contribution in [2.24, 2.45) is 0 Å². The Bertz CT molecular complexity index is 951. The zero-order valence-electron chi connectivity index (χ0n) is 14.6. The summed E-state index contributed by atoms with van der Waals surface area (Å²) in [4.78, 5) is 6.21. The number of aliphatic hydroxyl groups excluding tert-OH is 2. The second-order valence-electron chi connectivity index (χ2n) is 6.47. The van der Waals surface area contributed by atoms with Crippen molar-refractivity contribution in [3.8, 4) is 11.1 Å². The van der Waals surface area contributed by atoms with Gasteiger partial charge in [-0.3, -0.25) is 0 Å². The Labute approximate surface area is 162 Å². The molecule has 0 bridgehead atoms. The molecule has 3 aromatic rings. The highest BCUT2D eigenvalue weighted by atomic mass is 32.1. The maximum Gasteiger partial charge on any atom is 0.131 e. The van der Waals surface area contributed by atoms with Crippen LogP contribution in [0, 0.1) is 0 Å². The summed E-state index contributed by atoms with van der Waals surface area (Å²) in [6, 6.07) is 18.3. The minimum Gasteiger partial charge on any atom is -0.506 e. The Morgan fingerprint density at radius 1 is 1.07 bits per heavy atom. The molecular formula is C22H20N2O2S. The number of nitrogens with zero attached hydrogens (tertiary/aromatic N) is 2. The van der Waals surface area contributed by atoms with Gasteiger partial charge in [0.25, 0.3) is 0 Å². The van der Waals surface area contributed by atoms with Crippen molar-refractivity contribution in [1.82, 2.24) is 4.98 Å². The third-order valence-electron chi connectivity index (χ3n) is 4.63. The number of hydrogen-bond donors (Lipinski definition) is 2. The molecule has 2 N–H and O–H groups in total. The van der Waals surface area contributed by atoms with E-state index in [0.717, 1.165) is 16.8 Å². The van der Waals surface area contributed by atoms with Crippen molar-refractivity contribution >= 4 is 17.0 Å². The number of anilines is 1. The first-order valence-electron chi connectivity index (χ1n) is 8.79. The van der Waals surface area contributed by atoms with Gasteiger partial charge in [0, 0.05) is 23.7 Å². The monoisotopic (exact) mass is 376 g/mol. The molecule has 0 radical (unpaired) electrons. The van der Waals surface area contributed by atoms with Crippen LogP contribution in [0.25, 0.3) is 11.1 Å². The normalized spacial score (nSPS) is 17.6. The number of benzene rings is 2. The second kappa shape index (κ2) is 7.78. The summed E-state index contributed by atoms with van der Waals surface area (Å²) in [5, 5.41) is 22.4. The maximum absolute atomic E-state index is 10.5. The van der Waals surface area contributed by atoms with Crippen molar-refractivity contribution in [3.05, 3.63) is 95.3 Å². The fourth-order valence-corrected chi connectivity index (χ4v) is 3.86. The molecule has 0 fully saturated rings. The largest absolute Gasteiger partial charge is 0.506 e. The highest BCUT2D eigenvalue weighted by Crippen LogP contribution is 2.31. The van der Waals surface area contributed by atoms with Crippen LogP contribution in [0.4, 0.5) is 5.69 Å². The van der Waals surface area contributed by atoms with Gasteiger partial charge in [0.05, 0.1) is 23.4 Å². The van der Waals surface area contributed by atoms with E-state index in [4.69, 9.17) is 0 Å². The first-order valence-corrected chi connectivity index (χ1v) is 9.74. The Morgan fingerprint density at radius 3 is 2.67 bits per heavy atom. The zero-order chi connectivity index (χ0) is 18.6. The standard InChI is InChI=1S/C22H20N2O2S/c25-20-10-9-19(12-22(26)21-14-27-15-23-21)24(13-20)18-8-4-7-17(11-18)16-5-2-1-3-6-16/h1-11,13-15,19,22,25-26H,12H2. The van der Waals surface area contributed by atoms with Crippen LogP contribution in [-0.2, 0) is 0 Å². The van der Waals surface area contributed by atoms with Gasteiger partial charge in [0.15, 0.2) is 0 Å². The fraction of sp³-hybridized carbons (Fsp3) is 0.136. The maximum atomic E-state index is 10.5. The van der Waals surface area contributed by atoms with E-state index >= 15 is 0 Å². The second-order valence-corrected chi connectivity index (χ2v) is 7.19. The van der Waals surface area contributed by atoms with Gasteiger partial charge in [-0.15, -0.1) is 11.3 Å². The first kappa shape index (κ1) is 17.5. The van der Waals surface area contributed by atoms with Crippen LogP contribution in [0.2, 0.25) is 0 Å².